The summed E-state index contributed by atoms with van der Waals surface area (Å²) in [6, 6.07) is 12.1. The quantitative estimate of drug-likeness (QED) is 0.877. The van der Waals surface area contributed by atoms with E-state index in [4.69, 9.17) is 10.5 Å². The van der Waals surface area contributed by atoms with Gasteiger partial charge in [-0.05, 0) is 37.4 Å². The fourth-order valence-electron chi connectivity index (χ4n) is 2.25. The van der Waals surface area contributed by atoms with Crippen LogP contribution in [0.2, 0.25) is 0 Å². The summed E-state index contributed by atoms with van der Waals surface area (Å²) in [5.74, 6) is 1.37. The third-order valence-electron chi connectivity index (χ3n) is 3.39. The van der Waals surface area contributed by atoms with Crippen LogP contribution in [0.1, 0.15) is 12.8 Å². The Labute approximate surface area is 101 Å². The molecule has 1 aliphatic rings. The normalized spacial score (nSPS) is 23.4. The molecule has 2 aromatic rings. The smallest absolute Gasteiger partial charge is 0.214 e. The van der Waals surface area contributed by atoms with Crippen LogP contribution >= 0.6 is 0 Å². The van der Waals surface area contributed by atoms with Gasteiger partial charge in [-0.2, -0.15) is 0 Å². The fourth-order valence-corrected chi connectivity index (χ4v) is 2.25. The Morgan fingerprint density at radius 2 is 2.00 bits per heavy atom. The van der Waals surface area contributed by atoms with Gasteiger partial charge in [-0.25, -0.2) is 4.98 Å². The van der Waals surface area contributed by atoms with E-state index < -0.39 is 0 Å². The molecule has 0 atom stereocenters. The largest absolute Gasteiger partial charge is 0.474 e. The van der Waals surface area contributed by atoms with Crippen molar-refractivity contribution in [3.05, 3.63) is 36.4 Å². The van der Waals surface area contributed by atoms with Gasteiger partial charge in [0.25, 0.3) is 0 Å². The molecule has 0 saturated heterocycles. The molecule has 1 aromatic heterocycles. The van der Waals surface area contributed by atoms with Crippen LogP contribution in [0.15, 0.2) is 36.4 Å². The minimum atomic E-state index is 0.303. The van der Waals surface area contributed by atoms with Crippen LogP contribution in [0.25, 0.3) is 10.9 Å². The maximum Gasteiger partial charge on any atom is 0.214 e. The summed E-state index contributed by atoms with van der Waals surface area (Å²) in [5.41, 5.74) is 6.58. The molecule has 1 heterocycles. The van der Waals surface area contributed by atoms with Crippen molar-refractivity contribution in [2.24, 2.45) is 11.7 Å². The van der Waals surface area contributed by atoms with Crippen molar-refractivity contribution in [1.82, 2.24) is 4.98 Å². The van der Waals surface area contributed by atoms with Gasteiger partial charge in [-0.3, -0.25) is 0 Å². The minimum absolute atomic E-state index is 0.303. The Morgan fingerprint density at radius 3 is 2.82 bits per heavy atom. The zero-order valence-electron chi connectivity index (χ0n) is 9.67. The zero-order valence-corrected chi connectivity index (χ0v) is 9.67. The molecule has 0 bridgehead atoms. The van der Waals surface area contributed by atoms with E-state index in [0.29, 0.717) is 12.0 Å². The Bertz CT molecular complexity index is 520. The maximum atomic E-state index is 5.82. The second kappa shape index (κ2) is 4.34. The van der Waals surface area contributed by atoms with E-state index in [9.17, 15) is 0 Å². The number of hydrogen-bond donors (Lipinski definition) is 1. The Balaban J connectivity index is 1.73. The second-order valence-corrected chi connectivity index (χ2v) is 4.66. The van der Waals surface area contributed by atoms with Crippen LogP contribution < -0.4 is 10.5 Å². The summed E-state index contributed by atoms with van der Waals surface area (Å²) in [6.45, 7) is 0.769. The standard InChI is InChI=1S/C14H16N2O/c15-9-10-7-12(8-10)17-14-6-5-11-3-1-2-4-13(11)16-14/h1-6,10,12H,7-9,15H2. The first-order valence-electron chi connectivity index (χ1n) is 6.07. The lowest BCUT2D eigenvalue weighted by Gasteiger charge is -2.34. The summed E-state index contributed by atoms with van der Waals surface area (Å²) in [7, 11) is 0. The monoisotopic (exact) mass is 228 g/mol. The van der Waals surface area contributed by atoms with E-state index in [1.54, 1.807) is 0 Å². The molecular weight excluding hydrogens is 212 g/mol. The van der Waals surface area contributed by atoms with Gasteiger partial charge in [0, 0.05) is 11.5 Å². The first-order valence-corrected chi connectivity index (χ1v) is 6.07. The number of rotatable bonds is 3. The lowest BCUT2D eigenvalue weighted by Crippen LogP contribution is -2.37. The topological polar surface area (TPSA) is 48.1 Å². The molecule has 2 N–H and O–H groups in total. The van der Waals surface area contributed by atoms with E-state index in [2.05, 4.69) is 17.1 Å². The molecule has 0 unspecified atom stereocenters. The second-order valence-electron chi connectivity index (χ2n) is 4.66. The van der Waals surface area contributed by atoms with Crippen molar-refractivity contribution in [3.63, 3.8) is 0 Å². The van der Waals surface area contributed by atoms with Gasteiger partial charge in [0.1, 0.15) is 6.10 Å². The first-order chi connectivity index (χ1) is 8.35. The summed E-state index contributed by atoms with van der Waals surface area (Å²) in [5, 5.41) is 1.15. The van der Waals surface area contributed by atoms with Gasteiger partial charge in [-0.1, -0.05) is 18.2 Å². The number of pyridine rings is 1. The average molecular weight is 228 g/mol. The van der Waals surface area contributed by atoms with Crippen LogP contribution in [0.5, 0.6) is 5.88 Å². The molecular formula is C14H16N2O. The van der Waals surface area contributed by atoms with Crippen molar-refractivity contribution in [3.8, 4) is 5.88 Å². The van der Waals surface area contributed by atoms with Crippen molar-refractivity contribution in [1.29, 1.82) is 0 Å². The van der Waals surface area contributed by atoms with Gasteiger partial charge in [-0.15, -0.1) is 0 Å². The van der Waals surface area contributed by atoms with Crippen LogP contribution in [-0.4, -0.2) is 17.6 Å². The molecule has 1 fully saturated rings. The van der Waals surface area contributed by atoms with Gasteiger partial charge in [0.05, 0.1) is 5.52 Å². The third kappa shape index (κ3) is 2.11. The lowest BCUT2D eigenvalue weighted by atomic mass is 9.82. The van der Waals surface area contributed by atoms with Crippen molar-refractivity contribution in [2.75, 3.05) is 6.54 Å². The summed E-state index contributed by atoms with van der Waals surface area (Å²) < 4.78 is 5.82. The molecule has 1 aliphatic carbocycles. The highest BCUT2D eigenvalue weighted by Crippen LogP contribution is 2.30. The number of hydrogen-bond acceptors (Lipinski definition) is 3. The van der Waals surface area contributed by atoms with Crippen molar-refractivity contribution >= 4 is 10.9 Å². The molecule has 88 valence electrons. The molecule has 1 aromatic carbocycles. The summed E-state index contributed by atoms with van der Waals surface area (Å²) >= 11 is 0. The summed E-state index contributed by atoms with van der Waals surface area (Å²) in [6.07, 6.45) is 2.42. The van der Waals surface area contributed by atoms with E-state index in [1.165, 1.54) is 0 Å². The highest BCUT2D eigenvalue weighted by atomic mass is 16.5. The van der Waals surface area contributed by atoms with Crippen LogP contribution in [-0.2, 0) is 0 Å². The first kappa shape index (κ1) is 10.5. The van der Waals surface area contributed by atoms with Gasteiger partial charge < -0.3 is 10.5 Å². The Morgan fingerprint density at radius 1 is 1.18 bits per heavy atom. The Hall–Kier alpha value is -1.61. The molecule has 0 spiro atoms. The molecule has 0 radical (unpaired) electrons. The number of benzene rings is 1. The van der Waals surface area contributed by atoms with Gasteiger partial charge >= 0.3 is 0 Å². The van der Waals surface area contributed by atoms with Crippen LogP contribution in [0.3, 0.4) is 0 Å². The summed E-state index contributed by atoms with van der Waals surface area (Å²) in [4.78, 5) is 4.49. The number of para-hydroxylation sites is 1. The Kier molecular flexibility index (Phi) is 2.69. The van der Waals surface area contributed by atoms with Crippen molar-refractivity contribution < 1.29 is 4.74 Å². The molecule has 17 heavy (non-hydrogen) atoms. The molecule has 0 amide bonds. The lowest BCUT2D eigenvalue weighted by molar-refractivity contribution is 0.0652. The van der Waals surface area contributed by atoms with Crippen LogP contribution in [0.4, 0.5) is 0 Å². The highest BCUT2D eigenvalue weighted by molar-refractivity contribution is 5.78. The van der Waals surface area contributed by atoms with E-state index in [-0.39, 0.29) is 0 Å². The fraction of sp³-hybridized carbons (Fsp3) is 0.357. The maximum absolute atomic E-state index is 5.82. The molecule has 0 aliphatic heterocycles. The predicted octanol–water partition coefficient (Wildman–Crippen LogP) is 2.35. The third-order valence-corrected chi connectivity index (χ3v) is 3.39. The number of aromatic nitrogens is 1. The van der Waals surface area contributed by atoms with Crippen molar-refractivity contribution in [2.45, 2.75) is 18.9 Å². The minimum Gasteiger partial charge on any atom is -0.474 e. The predicted molar refractivity (Wildman–Crippen MR) is 67.9 cm³/mol. The molecule has 1 saturated carbocycles. The van der Waals surface area contributed by atoms with E-state index in [1.807, 2.05) is 24.3 Å². The van der Waals surface area contributed by atoms with Gasteiger partial charge in [0.2, 0.25) is 5.88 Å². The number of nitrogens with zero attached hydrogens (tertiary/aromatic N) is 1. The zero-order chi connectivity index (χ0) is 11.7. The van der Waals surface area contributed by atoms with Crippen LogP contribution in [0, 0.1) is 5.92 Å². The van der Waals surface area contributed by atoms with E-state index >= 15 is 0 Å². The molecule has 3 heteroatoms. The number of ether oxygens (including phenoxy) is 1. The van der Waals surface area contributed by atoms with E-state index in [0.717, 1.165) is 36.2 Å². The molecule has 3 rings (SSSR count). The SMILES string of the molecule is NCC1CC(Oc2ccc3ccccc3n2)C1. The highest BCUT2D eigenvalue weighted by Gasteiger charge is 2.29. The number of nitrogens with two attached hydrogens (primary N) is 1. The average Bonchev–Trinajstić information content (AvgIpc) is 2.33. The molecule has 3 nitrogen and oxygen atoms in total. The van der Waals surface area contributed by atoms with Gasteiger partial charge in [0.15, 0.2) is 0 Å². The number of fused-ring (bicyclic) bond motifs is 1.